The topological polar surface area (TPSA) is 362 Å². The molecule has 5 heterocycles. The van der Waals surface area contributed by atoms with Crippen LogP contribution in [0.15, 0.2) is 0 Å². The Morgan fingerprint density at radius 2 is 0.450 bits per heavy atom. The van der Waals surface area contributed by atoms with Crippen molar-refractivity contribution in [3.8, 4) is 0 Å². The van der Waals surface area contributed by atoms with Gasteiger partial charge in [0.05, 0.1) is 25.7 Å². The summed E-state index contributed by atoms with van der Waals surface area (Å²) in [4.78, 5) is 110. The molecule has 1 aliphatic rings. The molecule has 0 aromatic carbocycles. The average molecular weight is 837 g/mol. The minimum Gasteiger partial charge on any atom is -0.481 e. The third-order valence-corrected chi connectivity index (χ3v) is 10.7. The Balaban J connectivity index is 1.90. The second-order valence-corrected chi connectivity index (χ2v) is 14.7. The Morgan fingerprint density at radius 1 is 0.283 bits per heavy atom. The minimum absolute atomic E-state index is 0.132. The van der Waals surface area contributed by atoms with Gasteiger partial charge in [-0.15, -0.1) is 0 Å². The molecule has 0 saturated carbocycles. The lowest BCUT2D eigenvalue weighted by molar-refractivity contribution is -0.138. The first-order valence-corrected chi connectivity index (χ1v) is 18.9. The van der Waals surface area contributed by atoms with Crippen molar-refractivity contribution in [3.63, 3.8) is 0 Å². The van der Waals surface area contributed by atoms with Crippen LogP contribution < -0.4 is 0 Å². The molecule has 8 bridgehead atoms. The van der Waals surface area contributed by atoms with Gasteiger partial charge < -0.3 is 60.8 Å². The van der Waals surface area contributed by atoms with Crippen LogP contribution in [0, 0.1) is 0 Å². The summed E-state index contributed by atoms with van der Waals surface area (Å²) in [7, 11) is 0. The third kappa shape index (κ3) is 10.7. The number of aromatic amines is 4. The van der Waals surface area contributed by atoms with Crippen LogP contribution in [0.3, 0.4) is 0 Å². The van der Waals surface area contributed by atoms with Crippen molar-refractivity contribution in [2.24, 2.45) is 0 Å². The maximum atomic E-state index is 12.4. The van der Waals surface area contributed by atoms with E-state index < -0.39 is 99.1 Å². The van der Waals surface area contributed by atoms with E-state index in [0.717, 1.165) is 0 Å². The molecule has 0 aliphatic carbocycles. The van der Waals surface area contributed by atoms with Gasteiger partial charge in [-0.05, 0) is 70.2 Å². The second-order valence-electron chi connectivity index (χ2n) is 14.7. The van der Waals surface area contributed by atoms with Gasteiger partial charge >= 0.3 is 47.8 Å². The van der Waals surface area contributed by atoms with Crippen molar-refractivity contribution in [1.82, 2.24) is 19.9 Å². The summed E-state index contributed by atoms with van der Waals surface area (Å²) in [5.74, 6) is -9.86. The SMILES string of the molecule is O=C(O)CCc1c2[nH]c(c1CC(=O)O)Cc1[nH]c(c(CCC(=O)O)c1CC(=O)O)Cc1[nH]c(c(CC(=O)O)c1CCC(=O)O)Cc1[nH]c(c(CCC(=O)O)c1CC(=O)O)C2. The smallest absolute Gasteiger partial charge is 0.307 e. The number of rotatable bonds is 20. The van der Waals surface area contributed by atoms with Crippen LogP contribution in [0.5, 0.6) is 0 Å². The van der Waals surface area contributed by atoms with Gasteiger partial charge in [0.1, 0.15) is 0 Å². The standard InChI is InChI=1S/C40H44N4O16/c45-33(46)5-1-17-21(9-37(53)54)29-15-30-23(11-39(57)58)19(3-7-35(49)50)27(43-30)14-28-20(4-8-36(51)52)24(12-40(59)60)32(44-28)16-31-22(10-38(55)56)18(2-6-34(47)48)26(42-31)13-25(17)41-29/h41-44H,1-16H2,(H,45,46)(H,47,48)(H,49,50)(H,51,52)(H,53,54)(H,55,56)(H,57,58)(H,59,60). The highest BCUT2D eigenvalue weighted by Crippen LogP contribution is 2.35. The van der Waals surface area contributed by atoms with Crippen molar-refractivity contribution < 1.29 is 79.2 Å². The van der Waals surface area contributed by atoms with E-state index in [-0.39, 0.29) is 96.4 Å². The van der Waals surface area contributed by atoms with E-state index in [1.807, 2.05) is 0 Å². The number of nitrogens with one attached hydrogen (secondary N) is 4. The van der Waals surface area contributed by atoms with E-state index in [2.05, 4.69) is 19.9 Å². The molecule has 0 saturated heterocycles. The van der Waals surface area contributed by atoms with Crippen LogP contribution in [-0.2, 0) is 115 Å². The number of hydrogen-bond donors (Lipinski definition) is 12. The van der Waals surface area contributed by atoms with E-state index in [1.54, 1.807) is 0 Å². The van der Waals surface area contributed by atoms with E-state index in [0.29, 0.717) is 45.0 Å². The fraction of sp³-hybridized carbons (Fsp3) is 0.400. The van der Waals surface area contributed by atoms with Crippen LogP contribution in [0.2, 0.25) is 0 Å². The maximum Gasteiger partial charge on any atom is 0.307 e. The Bertz CT molecular complexity index is 2060. The molecule has 0 radical (unpaired) electrons. The number of carboxylic acid groups (broad SMARTS) is 8. The van der Waals surface area contributed by atoms with Gasteiger partial charge in [0, 0.05) is 96.9 Å². The lowest BCUT2D eigenvalue weighted by Crippen LogP contribution is -2.09. The van der Waals surface area contributed by atoms with Crippen LogP contribution in [-0.4, -0.2) is 109 Å². The molecule has 4 aromatic rings. The summed E-state index contributed by atoms with van der Waals surface area (Å²) < 4.78 is 0. The highest BCUT2D eigenvalue weighted by molar-refractivity contribution is 5.76. The Kier molecular flexibility index (Phi) is 13.7. The largest absolute Gasteiger partial charge is 0.481 e. The van der Waals surface area contributed by atoms with E-state index in [9.17, 15) is 79.2 Å². The molecule has 0 atom stereocenters. The fourth-order valence-corrected chi connectivity index (χ4v) is 8.30. The van der Waals surface area contributed by atoms with E-state index >= 15 is 0 Å². The number of hydrogen-bond acceptors (Lipinski definition) is 8. The van der Waals surface area contributed by atoms with Gasteiger partial charge in [-0.1, -0.05) is 0 Å². The summed E-state index contributed by atoms with van der Waals surface area (Å²) in [6, 6.07) is 0. The molecule has 0 amide bonds. The van der Waals surface area contributed by atoms with Crippen LogP contribution in [0.1, 0.15) is 116 Å². The van der Waals surface area contributed by atoms with Crippen LogP contribution >= 0.6 is 0 Å². The maximum absolute atomic E-state index is 12.4. The summed E-state index contributed by atoms with van der Waals surface area (Å²) >= 11 is 0. The Labute approximate surface area is 339 Å². The van der Waals surface area contributed by atoms with Gasteiger partial charge in [-0.25, -0.2) is 0 Å². The first kappa shape index (κ1) is 44.0. The predicted octanol–water partition coefficient (Wildman–Crippen LogP) is 2.25. The van der Waals surface area contributed by atoms with Crippen molar-refractivity contribution in [2.45, 2.75) is 103 Å². The van der Waals surface area contributed by atoms with Crippen molar-refractivity contribution in [1.29, 1.82) is 0 Å². The van der Waals surface area contributed by atoms with E-state index in [1.165, 1.54) is 0 Å². The van der Waals surface area contributed by atoms with Crippen molar-refractivity contribution >= 4 is 47.8 Å². The quantitative estimate of drug-likeness (QED) is 0.0535. The van der Waals surface area contributed by atoms with Gasteiger partial charge in [0.15, 0.2) is 0 Å². The number of aromatic nitrogens is 4. The number of carboxylic acids is 8. The highest BCUT2D eigenvalue weighted by Gasteiger charge is 2.30. The normalized spacial score (nSPS) is 12.3. The number of fused-ring (bicyclic) bond motifs is 8. The van der Waals surface area contributed by atoms with Crippen molar-refractivity contribution in [3.05, 3.63) is 90.1 Å². The number of carbonyl (C=O) groups is 8. The summed E-state index contributed by atoms with van der Waals surface area (Å²) in [6.07, 6.45) is -5.33. The highest BCUT2D eigenvalue weighted by atomic mass is 16.4. The molecule has 12 N–H and O–H groups in total. The number of H-pyrrole nitrogens is 4. The number of aliphatic carboxylic acids is 8. The molecular weight excluding hydrogens is 792 g/mol. The molecule has 0 spiro atoms. The zero-order valence-electron chi connectivity index (χ0n) is 32.2. The second kappa shape index (κ2) is 18.6. The molecule has 320 valence electrons. The lowest BCUT2D eigenvalue weighted by atomic mass is 9.93. The molecular formula is C40H44N4O16. The molecule has 5 rings (SSSR count). The summed E-state index contributed by atoms with van der Waals surface area (Å²) in [5, 5.41) is 79.0. The zero-order valence-corrected chi connectivity index (χ0v) is 32.2. The molecule has 20 heteroatoms. The molecule has 0 unspecified atom stereocenters. The molecule has 0 fully saturated rings. The van der Waals surface area contributed by atoms with Gasteiger partial charge in [0.25, 0.3) is 0 Å². The van der Waals surface area contributed by atoms with Crippen LogP contribution in [0.4, 0.5) is 0 Å². The van der Waals surface area contributed by atoms with Crippen LogP contribution in [0.25, 0.3) is 0 Å². The average Bonchev–Trinajstić information content (AvgIpc) is 3.81. The fourth-order valence-electron chi connectivity index (χ4n) is 8.30. The Hall–Kier alpha value is -7.12. The Morgan fingerprint density at radius 3 is 0.600 bits per heavy atom. The van der Waals surface area contributed by atoms with Crippen molar-refractivity contribution in [2.75, 3.05) is 0 Å². The van der Waals surface area contributed by atoms with Gasteiger partial charge in [-0.2, -0.15) is 0 Å². The first-order chi connectivity index (χ1) is 28.3. The lowest BCUT2D eigenvalue weighted by Gasteiger charge is -2.09. The predicted molar refractivity (Wildman–Crippen MR) is 204 cm³/mol. The van der Waals surface area contributed by atoms with E-state index in [4.69, 9.17) is 0 Å². The molecule has 60 heavy (non-hydrogen) atoms. The molecule has 1 aliphatic heterocycles. The minimum atomic E-state index is -1.27. The first-order valence-electron chi connectivity index (χ1n) is 18.9. The van der Waals surface area contributed by atoms with Gasteiger partial charge in [-0.3, -0.25) is 38.4 Å². The van der Waals surface area contributed by atoms with Gasteiger partial charge in [0.2, 0.25) is 0 Å². The monoisotopic (exact) mass is 836 g/mol. The summed E-state index contributed by atoms with van der Waals surface area (Å²) in [6.45, 7) is 0. The third-order valence-electron chi connectivity index (χ3n) is 10.7. The molecule has 4 aromatic heterocycles. The zero-order chi connectivity index (χ0) is 44.0. The molecule has 20 nitrogen and oxygen atoms in total. The summed E-state index contributed by atoms with van der Waals surface area (Å²) in [5.41, 5.74) is 4.45.